The second kappa shape index (κ2) is 9.67. The molecule has 0 fully saturated rings. The van der Waals surface area contributed by atoms with Crippen LogP contribution in [0.1, 0.15) is 28.2 Å². The van der Waals surface area contributed by atoms with Crippen LogP contribution in [0.5, 0.6) is 5.75 Å². The maximum atomic E-state index is 12.5. The van der Waals surface area contributed by atoms with Gasteiger partial charge in [-0.3, -0.25) is 4.79 Å². The number of ether oxygens (including phenoxy) is 1. The van der Waals surface area contributed by atoms with Crippen molar-refractivity contribution in [1.82, 2.24) is 14.9 Å². The number of carbonyl (C=O) groups excluding carboxylic acids is 1. The molecule has 0 saturated carbocycles. The first-order valence-corrected chi connectivity index (χ1v) is 10.7. The molecule has 1 heterocycles. The third-order valence-electron chi connectivity index (χ3n) is 5.03. The van der Waals surface area contributed by atoms with Gasteiger partial charge in [-0.2, -0.15) is 0 Å². The van der Waals surface area contributed by atoms with Crippen molar-refractivity contribution in [2.24, 2.45) is 0 Å². The largest absolute Gasteiger partial charge is 0.494 e. The zero-order valence-electron chi connectivity index (χ0n) is 17.3. The molecule has 0 bridgehead atoms. The van der Waals surface area contributed by atoms with Crippen molar-refractivity contribution in [3.63, 3.8) is 0 Å². The smallest absolute Gasteiger partial charge is 0.251 e. The van der Waals surface area contributed by atoms with Crippen LogP contribution in [0.15, 0.2) is 72.8 Å². The summed E-state index contributed by atoms with van der Waals surface area (Å²) in [5, 5.41) is 3.56. The number of aryl methyl sites for hydroxylation is 2. The van der Waals surface area contributed by atoms with Crippen LogP contribution < -0.4 is 10.1 Å². The number of amides is 1. The molecule has 0 aliphatic heterocycles. The van der Waals surface area contributed by atoms with E-state index < -0.39 is 0 Å². The molecule has 0 saturated heterocycles. The molecule has 158 valence electrons. The number of para-hydroxylation sites is 2. The maximum absolute atomic E-state index is 12.5. The summed E-state index contributed by atoms with van der Waals surface area (Å²) in [7, 11) is 0. The van der Waals surface area contributed by atoms with Crippen molar-refractivity contribution < 1.29 is 9.53 Å². The first-order valence-electron chi connectivity index (χ1n) is 10.3. The molecule has 4 rings (SSSR count). The summed E-state index contributed by atoms with van der Waals surface area (Å²) >= 11 is 5.91. The fourth-order valence-electron chi connectivity index (χ4n) is 3.49. The van der Waals surface area contributed by atoms with Gasteiger partial charge in [0.2, 0.25) is 0 Å². The van der Waals surface area contributed by atoms with E-state index in [0.717, 1.165) is 35.6 Å². The minimum Gasteiger partial charge on any atom is -0.494 e. The van der Waals surface area contributed by atoms with Gasteiger partial charge in [0.05, 0.1) is 24.2 Å². The van der Waals surface area contributed by atoms with Gasteiger partial charge in [0.15, 0.2) is 0 Å². The van der Waals surface area contributed by atoms with Crippen molar-refractivity contribution in [2.45, 2.75) is 26.4 Å². The zero-order chi connectivity index (χ0) is 21.6. The number of imidazole rings is 1. The molecule has 0 radical (unpaired) electrons. The molecular weight excluding hydrogens is 410 g/mol. The van der Waals surface area contributed by atoms with Crippen LogP contribution in [-0.4, -0.2) is 22.1 Å². The van der Waals surface area contributed by atoms with E-state index in [9.17, 15) is 4.79 Å². The topological polar surface area (TPSA) is 56.1 Å². The van der Waals surface area contributed by atoms with E-state index in [0.29, 0.717) is 23.7 Å². The quantitative estimate of drug-likeness (QED) is 0.378. The number of rotatable bonds is 8. The standard InChI is InChI=1S/C25H24ClN3O2/c1-18-6-4-7-21(16-18)31-15-5-14-29-23-9-3-2-8-22(23)28-24(29)17-27-25(30)19-10-12-20(26)13-11-19/h2-4,6-13,16H,5,14-15,17H2,1H3,(H,27,30). The lowest BCUT2D eigenvalue weighted by Crippen LogP contribution is -2.25. The highest BCUT2D eigenvalue weighted by Gasteiger charge is 2.12. The molecule has 0 aliphatic carbocycles. The Morgan fingerprint density at radius 2 is 1.87 bits per heavy atom. The SMILES string of the molecule is Cc1cccc(OCCCn2c(CNC(=O)c3ccc(Cl)cc3)nc3ccccc32)c1. The lowest BCUT2D eigenvalue weighted by Gasteiger charge is -2.11. The Kier molecular flexibility index (Phi) is 6.53. The lowest BCUT2D eigenvalue weighted by molar-refractivity contribution is 0.0949. The van der Waals surface area contributed by atoms with Gasteiger partial charge >= 0.3 is 0 Å². The molecule has 0 spiro atoms. The summed E-state index contributed by atoms with van der Waals surface area (Å²) < 4.78 is 8.04. The van der Waals surface area contributed by atoms with Gasteiger partial charge < -0.3 is 14.6 Å². The third kappa shape index (κ3) is 5.25. The molecule has 5 nitrogen and oxygen atoms in total. The highest BCUT2D eigenvalue weighted by molar-refractivity contribution is 6.30. The monoisotopic (exact) mass is 433 g/mol. The fraction of sp³-hybridized carbons (Fsp3) is 0.200. The van der Waals surface area contributed by atoms with Crippen LogP contribution in [0.2, 0.25) is 5.02 Å². The number of benzene rings is 3. The molecule has 1 amide bonds. The van der Waals surface area contributed by atoms with Crippen molar-refractivity contribution in [3.8, 4) is 5.75 Å². The van der Waals surface area contributed by atoms with Crippen LogP contribution in [0.3, 0.4) is 0 Å². The number of nitrogens with one attached hydrogen (secondary N) is 1. The molecule has 1 N–H and O–H groups in total. The molecule has 31 heavy (non-hydrogen) atoms. The van der Waals surface area contributed by atoms with Gasteiger partial charge in [-0.05, 0) is 67.4 Å². The summed E-state index contributed by atoms with van der Waals surface area (Å²) in [4.78, 5) is 17.2. The van der Waals surface area contributed by atoms with Gasteiger partial charge in [0, 0.05) is 17.1 Å². The van der Waals surface area contributed by atoms with E-state index in [4.69, 9.17) is 21.3 Å². The lowest BCUT2D eigenvalue weighted by atomic mass is 10.2. The number of nitrogens with zero attached hydrogens (tertiary/aromatic N) is 2. The number of hydrogen-bond donors (Lipinski definition) is 1. The number of halogens is 1. The Labute approximate surface area is 186 Å². The first kappa shape index (κ1) is 20.9. The summed E-state index contributed by atoms with van der Waals surface area (Å²) in [5.74, 6) is 1.54. The van der Waals surface area contributed by atoms with Crippen molar-refractivity contribution in [3.05, 3.63) is 94.8 Å². The fourth-order valence-corrected chi connectivity index (χ4v) is 3.62. The Hall–Kier alpha value is -3.31. The maximum Gasteiger partial charge on any atom is 0.251 e. The van der Waals surface area contributed by atoms with Crippen LogP contribution in [0.4, 0.5) is 0 Å². The second-order valence-corrected chi connectivity index (χ2v) is 7.81. The number of fused-ring (bicyclic) bond motifs is 1. The highest BCUT2D eigenvalue weighted by Crippen LogP contribution is 2.18. The molecule has 4 aromatic rings. The summed E-state index contributed by atoms with van der Waals surface area (Å²) in [6.45, 7) is 3.75. The highest BCUT2D eigenvalue weighted by atomic mass is 35.5. The summed E-state index contributed by atoms with van der Waals surface area (Å²) in [6, 6.07) is 22.9. The van der Waals surface area contributed by atoms with Gasteiger partial charge in [-0.25, -0.2) is 4.98 Å². The molecule has 3 aromatic carbocycles. The van der Waals surface area contributed by atoms with Crippen LogP contribution >= 0.6 is 11.6 Å². The Balaban J connectivity index is 1.42. The minimum atomic E-state index is -0.155. The molecule has 1 aromatic heterocycles. The molecular formula is C25H24ClN3O2. The third-order valence-corrected chi connectivity index (χ3v) is 5.28. The van der Waals surface area contributed by atoms with Crippen molar-refractivity contribution >= 4 is 28.5 Å². The van der Waals surface area contributed by atoms with E-state index in [-0.39, 0.29) is 5.91 Å². The minimum absolute atomic E-state index is 0.155. The van der Waals surface area contributed by atoms with Gasteiger partial charge in [0.25, 0.3) is 5.91 Å². The predicted octanol–water partition coefficient (Wildman–Crippen LogP) is 5.40. The Morgan fingerprint density at radius 3 is 2.68 bits per heavy atom. The number of hydrogen-bond acceptors (Lipinski definition) is 3. The predicted molar refractivity (Wildman–Crippen MR) is 124 cm³/mol. The zero-order valence-corrected chi connectivity index (χ0v) is 18.1. The summed E-state index contributed by atoms with van der Waals surface area (Å²) in [6.07, 6.45) is 0.826. The molecule has 0 unspecified atom stereocenters. The van der Waals surface area contributed by atoms with E-state index in [1.807, 2.05) is 42.5 Å². The van der Waals surface area contributed by atoms with E-state index in [1.165, 1.54) is 5.56 Å². The van der Waals surface area contributed by atoms with Crippen LogP contribution in [-0.2, 0) is 13.1 Å². The van der Waals surface area contributed by atoms with E-state index >= 15 is 0 Å². The molecule has 6 heteroatoms. The average molecular weight is 434 g/mol. The van der Waals surface area contributed by atoms with E-state index in [1.54, 1.807) is 24.3 Å². The van der Waals surface area contributed by atoms with Gasteiger partial charge in [-0.1, -0.05) is 35.9 Å². The Morgan fingerprint density at radius 1 is 1.06 bits per heavy atom. The first-order chi connectivity index (χ1) is 15.1. The number of aromatic nitrogens is 2. The molecule has 0 aliphatic rings. The van der Waals surface area contributed by atoms with Crippen molar-refractivity contribution in [1.29, 1.82) is 0 Å². The van der Waals surface area contributed by atoms with Gasteiger partial charge in [0.1, 0.15) is 11.6 Å². The molecule has 0 atom stereocenters. The average Bonchev–Trinajstić information content (AvgIpc) is 3.13. The van der Waals surface area contributed by atoms with Gasteiger partial charge in [-0.15, -0.1) is 0 Å². The van der Waals surface area contributed by atoms with Crippen LogP contribution in [0, 0.1) is 6.92 Å². The van der Waals surface area contributed by atoms with Crippen LogP contribution in [0.25, 0.3) is 11.0 Å². The second-order valence-electron chi connectivity index (χ2n) is 7.38. The van der Waals surface area contributed by atoms with Crippen molar-refractivity contribution in [2.75, 3.05) is 6.61 Å². The number of carbonyl (C=O) groups is 1. The Bertz CT molecular complexity index is 1190. The normalized spacial score (nSPS) is 10.9. The van der Waals surface area contributed by atoms with E-state index in [2.05, 4.69) is 22.9 Å². The summed E-state index contributed by atoms with van der Waals surface area (Å²) in [5.41, 5.74) is 3.71.